The molecule has 4 bridgehead atoms. The van der Waals surface area contributed by atoms with Crippen LogP contribution < -0.4 is 5.32 Å². The molecule has 0 aromatic heterocycles. The van der Waals surface area contributed by atoms with Crippen LogP contribution in [0.2, 0.25) is 0 Å². The molecule has 32 heavy (non-hydrogen) atoms. The molecule has 2 aromatic carbocycles. The standard InChI is InChI=1S/C27H28N2O3/c1-16-3-5-19(6-4-16)26-11-17-9-18(12-26)14-27(13-17,15-26)25(32)28-20-7-8-21-22(10-20)24(31)29(2)23(21)30/h3-8,10,17-18H,9,11-15H2,1-2H3,(H,28,32). The van der Waals surface area contributed by atoms with Crippen LogP contribution in [0.1, 0.15) is 70.4 Å². The molecule has 0 saturated heterocycles. The van der Waals surface area contributed by atoms with E-state index in [0.717, 1.165) is 24.2 Å². The quantitative estimate of drug-likeness (QED) is 0.721. The molecule has 4 fully saturated rings. The molecule has 5 aliphatic rings. The van der Waals surface area contributed by atoms with Crippen molar-refractivity contribution in [3.05, 3.63) is 64.7 Å². The second-order valence-corrected chi connectivity index (χ2v) is 10.8. The number of nitrogens with zero attached hydrogens (tertiary/aromatic N) is 1. The van der Waals surface area contributed by atoms with Crippen LogP contribution in [-0.2, 0) is 10.2 Å². The monoisotopic (exact) mass is 428 g/mol. The van der Waals surface area contributed by atoms with E-state index in [2.05, 4.69) is 36.5 Å². The van der Waals surface area contributed by atoms with E-state index < -0.39 is 0 Å². The first-order valence-corrected chi connectivity index (χ1v) is 11.6. The van der Waals surface area contributed by atoms with E-state index in [1.807, 2.05) is 0 Å². The third-order valence-electron chi connectivity index (χ3n) is 8.55. The summed E-state index contributed by atoms with van der Waals surface area (Å²) < 4.78 is 0. The van der Waals surface area contributed by atoms with Crippen molar-refractivity contribution in [1.82, 2.24) is 4.90 Å². The summed E-state index contributed by atoms with van der Waals surface area (Å²) >= 11 is 0. The zero-order valence-electron chi connectivity index (χ0n) is 18.6. The number of imide groups is 1. The van der Waals surface area contributed by atoms with E-state index in [1.54, 1.807) is 18.2 Å². The fourth-order valence-electron chi connectivity index (χ4n) is 7.48. The molecule has 1 aliphatic heterocycles. The van der Waals surface area contributed by atoms with E-state index in [1.165, 1.54) is 37.4 Å². The smallest absolute Gasteiger partial charge is 0.261 e. The van der Waals surface area contributed by atoms with Crippen molar-refractivity contribution in [2.45, 2.75) is 50.9 Å². The maximum atomic E-state index is 13.7. The van der Waals surface area contributed by atoms with Gasteiger partial charge in [-0.3, -0.25) is 19.3 Å². The van der Waals surface area contributed by atoms with E-state index in [4.69, 9.17) is 0 Å². The van der Waals surface area contributed by atoms with Crippen molar-refractivity contribution in [3.8, 4) is 0 Å². The van der Waals surface area contributed by atoms with Crippen LogP contribution in [-0.4, -0.2) is 29.7 Å². The van der Waals surface area contributed by atoms with Gasteiger partial charge < -0.3 is 5.32 Å². The summed E-state index contributed by atoms with van der Waals surface area (Å²) in [5.74, 6) is 0.665. The maximum Gasteiger partial charge on any atom is 0.261 e. The van der Waals surface area contributed by atoms with Crippen molar-refractivity contribution in [1.29, 1.82) is 0 Å². The third kappa shape index (κ3) is 2.73. The topological polar surface area (TPSA) is 66.5 Å². The average Bonchev–Trinajstić information content (AvgIpc) is 2.97. The summed E-state index contributed by atoms with van der Waals surface area (Å²) in [7, 11) is 1.49. The molecule has 5 heteroatoms. The van der Waals surface area contributed by atoms with Crippen molar-refractivity contribution >= 4 is 23.4 Å². The first kappa shape index (κ1) is 19.7. The Labute approximate surface area is 188 Å². The van der Waals surface area contributed by atoms with Crippen LogP contribution in [0.15, 0.2) is 42.5 Å². The van der Waals surface area contributed by atoms with Gasteiger partial charge in [0.15, 0.2) is 0 Å². The normalized spacial score (nSPS) is 32.4. The lowest BCUT2D eigenvalue weighted by atomic mass is 9.42. The van der Waals surface area contributed by atoms with Gasteiger partial charge in [-0.2, -0.15) is 0 Å². The summed E-state index contributed by atoms with van der Waals surface area (Å²) in [5, 5.41) is 3.14. The Morgan fingerprint density at radius 1 is 0.938 bits per heavy atom. The van der Waals surface area contributed by atoms with Gasteiger partial charge in [0.2, 0.25) is 5.91 Å². The third-order valence-corrected chi connectivity index (χ3v) is 8.55. The Morgan fingerprint density at radius 3 is 2.28 bits per heavy atom. The number of amides is 3. The molecule has 4 saturated carbocycles. The Hall–Kier alpha value is -2.95. The van der Waals surface area contributed by atoms with E-state index in [-0.39, 0.29) is 28.6 Å². The predicted molar refractivity (Wildman–Crippen MR) is 121 cm³/mol. The van der Waals surface area contributed by atoms with Gasteiger partial charge >= 0.3 is 0 Å². The van der Waals surface area contributed by atoms with Crippen molar-refractivity contribution in [2.75, 3.05) is 12.4 Å². The molecule has 2 atom stereocenters. The summed E-state index contributed by atoms with van der Waals surface area (Å²) in [6, 6.07) is 14.0. The lowest BCUT2D eigenvalue weighted by Crippen LogP contribution is -2.57. The largest absolute Gasteiger partial charge is 0.326 e. The first-order chi connectivity index (χ1) is 15.3. The molecule has 7 rings (SSSR count). The number of hydrogen-bond donors (Lipinski definition) is 1. The van der Waals surface area contributed by atoms with Gasteiger partial charge in [-0.1, -0.05) is 29.8 Å². The molecule has 1 N–H and O–H groups in total. The fraction of sp³-hybridized carbons (Fsp3) is 0.444. The molecule has 2 aromatic rings. The maximum absolute atomic E-state index is 13.7. The van der Waals surface area contributed by atoms with Gasteiger partial charge in [-0.15, -0.1) is 0 Å². The van der Waals surface area contributed by atoms with Crippen LogP contribution in [0.25, 0.3) is 0 Å². The van der Waals surface area contributed by atoms with Crippen LogP contribution in [0.4, 0.5) is 5.69 Å². The number of aryl methyl sites for hydroxylation is 1. The lowest BCUT2D eigenvalue weighted by molar-refractivity contribution is -0.143. The second kappa shape index (κ2) is 6.53. The Kier molecular flexibility index (Phi) is 4.02. The lowest BCUT2D eigenvalue weighted by Gasteiger charge is -2.61. The number of carbonyl (C=O) groups excluding carboxylic acids is 3. The van der Waals surface area contributed by atoms with E-state index in [9.17, 15) is 14.4 Å². The zero-order chi connectivity index (χ0) is 22.3. The minimum atomic E-state index is -0.357. The Bertz CT molecular complexity index is 1150. The fourth-order valence-corrected chi connectivity index (χ4v) is 7.48. The summed E-state index contributed by atoms with van der Waals surface area (Å²) in [5.41, 5.74) is 3.77. The number of anilines is 1. The Morgan fingerprint density at radius 2 is 1.59 bits per heavy atom. The van der Waals surface area contributed by atoms with Crippen molar-refractivity contribution < 1.29 is 14.4 Å². The van der Waals surface area contributed by atoms with Gasteiger partial charge in [0, 0.05) is 12.7 Å². The molecule has 2 unspecified atom stereocenters. The molecule has 5 nitrogen and oxygen atoms in total. The number of carbonyl (C=O) groups is 3. The highest BCUT2D eigenvalue weighted by atomic mass is 16.2. The number of fused-ring (bicyclic) bond motifs is 1. The van der Waals surface area contributed by atoms with E-state index >= 15 is 0 Å². The highest BCUT2D eigenvalue weighted by molar-refractivity contribution is 6.21. The van der Waals surface area contributed by atoms with Crippen LogP contribution in [0.3, 0.4) is 0 Å². The molecule has 4 aliphatic carbocycles. The van der Waals surface area contributed by atoms with Gasteiger partial charge in [-0.05, 0) is 86.5 Å². The molecule has 1 heterocycles. The zero-order valence-corrected chi connectivity index (χ0v) is 18.6. The molecule has 0 radical (unpaired) electrons. The number of rotatable bonds is 3. The second-order valence-electron chi connectivity index (χ2n) is 10.8. The molecule has 164 valence electrons. The van der Waals surface area contributed by atoms with Crippen LogP contribution >= 0.6 is 0 Å². The molecular weight excluding hydrogens is 400 g/mol. The number of hydrogen-bond acceptors (Lipinski definition) is 3. The molecule has 3 amide bonds. The van der Waals surface area contributed by atoms with Gasteiger partial charge in [0.25, 0.3) is 11.8 Å². The summed E-state index contributed by atoms with van der Waals surface area (Å²) in [4.78, 5) is 39.4. The minimum Gasteiger partial charge on any atom is -0.326 e. The highest BCUT2D eigenvalue weighted by Gasteiger charge is 2.60. The van der Waals surface area contributed by atoms with Gasteiger partial charge in [-0.25, -0.2) is 0 Å². The Balaban J connectivity index is 1.31. The SMILES string of the molecule is Cc1ccc(C23CC4CC(CC(C(=O)Nc5ccc6c(c5)C(=O)N(C)C6=O)(C4)C2)C3)cc1. The van der Waals surface area contributed by atoms with Gasteiger partial charge in [0.1, 0.15) is 0 Å². The molecular formula is C27H28N2O3. The molecule has 0 spiro atoms. The van der Waals surface area contributed by atoms with Gasteiger partial charge in [0.05, 0.1) is 16.5 Å². The summed E-state index contributed by atoms with van der Waals surface area (Å²) in [6.07, 6.45) is 6.41. The first-order valence-electron chi connectivity index (χ1n) is 11.6. The highest BCUT2D eigenvalue weighted by Crippen LogP contribution is 2.66. The number of benzene rings is 2. The average molecular weight is 429 g/mol. The minimum absolute atomic E-state index is 0.0770. The van der Waals surface area contributed by atoms with Crippen LogP contribution in [0.5, 0.6) is 0 Å². The van der Waals surface area contributed by atoms with E-state index in [0.29, 0.717) is 28.7 Å². The predicted octanol–water partition coefficient (Wildman–Crippen LogP) is 4.70. The van der Waals surface area contributed by atoms with Crippen molar-refractivity contribution in [2.24, 2.45) is 17.3 Å². The van der Waals surface area contributed by atoms with Crippen LogP contribution in [0, 0.1) is 24.2 Å². The number of nitrogens with one attached hydrogen (secondary N) is 1. The van der Waals surface area contributed by atoms with Crippen molar-refractivity contribution in [3.63, 3.8) is 0 Å². The summed E-state index contributed by atoms with van der Waals surface area (Å²) in [6.45, 7) is 2.12.